The smallest absolute Gasteiger partial charge is 0.0669 e. The topological polar surface area (TPSA) is 9.23 Å². The summed E-state index contributed by atoms with van der Waals surface area (Å²) in [7, 11) is 0. The van der Waals surface area contributed by atoms with Gasteiger partial charge in [0.1, 0.15) is 0 Å². The van der Waals surface area contributed by atoms with E-state index in [9.17, 15) is 0 Å². The van der Waals surface area contributed by atoms with E-state index in [1.807, 2.05) is 0 Å². The van der Waals surface area contributed by atoms with E-state index >= 15 is 0 Å². The largest absolute Gasteiger partial charge is 0.374 e. The monoisotopic (exact) mass is 82.0 g/mol. The Hall–Kier alpha value is -0.0400. The van der Waals surface area contributed by atoms with Crippen molar-refractivity contribution in [2.75, 3.05) is 0 Å². The Kier molecular flexibility index (Phi) is 0.396. The van der Waals surface area contributed by atoms with Gasteiger partial charge in [0.25, 0.3) is 0 Å². The second-order valence-corrected chi connectivity index (χ2v) is 1.80. The molecule has 0 aromatic carbocycles. The lowest BCUT2D eigenvalue weighted by Crippen LogP contribution is -2.26. The van der Waals surface area contributed by atoms with Crippen LogP contribution in [0.25, 0.3) is 0 Å². The van der Waals surface area contributed by atoms with E-state index in [4.69, 9.17) is 4.74 Å². The zero-order chi connectivity index (χ0) is 3.98. The van der Waals surface area contributed by atoms with E-state index in [0.29, 0.717) is 12.2 Å². The Morgan fingerprint density at radius 2 is 2.50 bits per heavy atom. The fraction of sp³-hybridized carbons (Fsp3) is 0.600. The van der Waals surface area contributed by atoms with Crippen LogP contribution in [0, 0.1) is 12.8 Å². The molecular formula is C5H6O. The minimum atomic E-state index is 0.440. The maximum atomic E-state index is 5.14. The maximum Gasteiger partial charge on any atom is 0.0669 e. The highest BCUT2D eigenvalue weighted by Crippen LogP contribution is 2.34. The molecule has 32 valence electrons. The molecule has 0 spiro atoms. The first-order chi connectivity index (χ1) is 2.95. The molecule has 1 nitrogen and oxygen atoms in total. The van der Waals surface area contributed by atoms with Crippen LogP contribution in [-0.2, 0) is 4.74 Å². The number of rotatable bonds is 0. The molecular weight excluding hydrogens is 76.1 g/mol. The van der Waals surface area contributed by atoms with E-state index in [1.54, 1.807) is 0 Å². The molecule has 2 atom stereocenters. The third-order valence-corrected chi connectivity index (χ3v) is 1.34. The van der Waals surface area contributed by atoms with E-state index in [1.165, 1.54) is 0 Å². The molecule has 1 aliphatic carbocycles. The van der Waals surface area contributed by atoms with E-state index < -0.39 is 0 Å². The lowest BCUT2D eigenvalue weighted by Gasteiger charge is -2.22. The van der Waals surface area contributed by atoms with Crippen LogP contribution in [0.4, 0.5) is 0 Å². The summed E-state index contributed by atoms with van der Waals surface area (Å²) >= 11 is 0. The average Bonchev–Trinajstić information content (AvgIpc) is 1.72. The van der Waals surface area contributed by atoms with Crippen molar-refractivity contribution >= 4 is 0 Å². The van der Waals surface area contributed by atoms with Gasteiger partial charge in [-0.2, -0.15) is 0 Å². The lowest BCUT2D eigenvalue weighted by atomic mass is 10.2. The van der Waals surface area contributed by atoms with Gasteiger partial charge < -0.3 is 4.74 Å². The average molecular weight is 82.1 g/mol. The molecule has 0 amide bonds. The van der Waals surface area contributed by atoms with Gasteiger partial charge in [-0.15, -0.1) is 0 Å². The van der Waals surface area contributed by atoms with Crippen LogP contribution in [0.1, 0.15) is 6.42 Å². The van der Waals surface area contributed by atoms with E-state index in [0.717, 1.165) is 6.42 Å². The Labute approximate surface area is 37.3 Å². The fourth-order valence-electron chi connectivity index (χ4n) is 0.951. The predicted molar refractivity (Wildman–Crippen MR) is 21.9 cm³/mol. The predicted octanol–water partition coefficient (Wildman–Crippen LogP) is 0.566. The summed E-state index contributed by atoms with van der Waals surface area (Å²) in [6.45, 7) is 0. The van der Waals surface area contributed by atoms with E-state index in [-0.39, 0.29) is 0 Å². The van der Waals surface area contributed by atoms with Crippen molar-refractivity contribution in [3.05, 3.63) is 12.8 Å². The second-order valence-electron chi connectivity index (χ2n) is 1.80. The van der Waals surface area contributed by atoms with Crippen molar-refractivity contribution < 1.29 is 4.74 Å². The second kappa shape index (κ2) is 0.784. The molecule has 1 heteroatoms. The zero-order valence-corrected chi connectivity index (χ0v) is 3.42. The van der Waals surface area contributed by atoms with Crippen LogP contribution in [0.15, 0.2) is 0 Å². The highest BCUT2D eigenvalue weighted by molar-refractivity contribution is 5.13. The van der Waals surface area contributed by atoms with Crippen molar-refractivity contribution in [1.82, 2.24) is 0 Å². The number of ether oxygens (including phenoxy) is 1. The van der Waals surface area contributed by atoms with Gasteiger partial charge in [0.2, 0.25) is 0 Å². The van der Waals surface area contributed by atoms with Gasteiger partial charge in [0.05, 0.1) is 12.2 Å². The lowest BCUT2D eigenvalue weighted by molar-refractivity contribution is 0.00320. The SMILES string of the molecule is [CH]1CC2[CH]C1O2. The van der Waals surface area contributed by atoms with Gasteiger partial charge >= 0.3 is 0 Å². The standard InChI is InChI=1S/C5H6O/c1-2-5-3-4(1)6-5/h1,3-5H,2H2. The van der Waals surface area contributed by atoms with Crippen LogP contribution in [0.3, 0.4) is 0 Å². The third kappa shape index (κ3) is 0.207. The number of hydrogen-bond acceptors (Lipinski definition) is 1. The highest BCUT2D eigenvalue weighted by atomic mass is 16.5. The minimum absolute atomic E-state index is 0.440. The molecule has 3 aliphatic rings. The molecule has 2 bridgehead atoms. The molecule has 1 saturated carbocycles. The van der Waals surface area contributed by atoms with Gasteiger partial charge in [-0.3, -0.25) is 0 Å². The first-order valence-corrected chi connectivity index (χ1v) is 2.29. The molecule has 0 aromatic heterocycles. The summed E-state index contributed by atoms with van der Waals surface area (Å²) in [4.78, 5) is 0. The van der Waals surface area contributed by atoms with Crippen LogP contribution >= 0.6 is 0 Å². The quantitative estimate of drug-likeness (QED) is 0.415. The van der Waals surface area contributed by atoms with Crippen LogP contribution < -0.4 is 0 Å². The van der Waals surface area contributed by atoms with Crippen molar-refractivity contribution in [2.45, 2.75) is 18.6 Å². The van der Waals surface area contributed by atoms with Crippen molar-refractivity contribution in [2.24, 2.45) is 0 Å². The van der Waals surface area contributed by atoms with Crippen LogP contribution in [0.2, 0.25) is 0 Å². The Balaban J connectivity index is 2.16. The maximum absolute atomic E-state index is 5.14. The Morgan fingerprint density at radius 3 is 2.67 bits per heavy atom. The summed E-state index contributed by atoms with van der Waals surface area (Å²) < 4.78 is 5.14. The number of hydrogen-bond donors (Lipinski definition) is 0. The molecule has 2 saturated heterocycles. The summed E-state index contributed by atoms with van der Waals surface area (Å²) in [6.07, 6.45) is 6.53. The van der Waals surface area contributed by atoms with Crippen molar-refractivity contribution in [3.8, 4) is 0 Å². The van der Waals surface area contributed by atoms with E-state index in [2.05, 4.69) is 12.8 Å². The molecule has 2 heterocycles. The summed E-state index contributed by atoms with van der Waals surface area (Å²) in [5, 5.41) is 0. The summed E-state index contributed by atoms with van der Waals surface area (Å²) in [5.41, 5.74) is 0. The van der Waals surface area contributed by atoms with Gasteiger partial charge in [-0.1, -0.05) is 0 Å². The molecule has 0 aromatic rings. The first kappa shape index (κ1) is 3.03. The van der Waals surface area contributed by atoms with Gasteiger partial charge in [-0.25, -0.2) is 0 Å². The molecule has 2 radical (unpaired) electrons. The Morgan fingerprint density at radius 1 is 1.67 bits per heavy atom. The zero-order valence-electron chi connectivity index (χ0n) is 3.42. The number of fused-ring (bicyclic) bond motifs is 1. The van der Waals surface area contributed by atoms with Gasteiger partial charge in [-0.05, 0) is 12.8 Å². The molecule has 2 unspecified atom stereocenters. The molecule has 3 fully saturated rings. The summed E-state index contributed by atoms with van der Waals surface area (Å²) in [5.74, 6) is 0. The fourth-order valence-corrected chi connectivity index (χ4v) is 0.951. The summed E-state index contributed by atoms with van der Waals surface area (Å²) in [6, 6.07) is 0. The van der Waals surface area contributed by atoms with Gasteiger partial charge in [0.15, 0.2) is 0 Å². The third-order valence-electron chi connectivity index (χ3n) is 1.34. The first-order valence-electron chi connectivity index (χ1n) is 2.29. The normalized spacial score (nSPS) is 52.0. The van der Waals surface area contributed by atoms with Crippen molar-refractivity contribution in [1.29, 1.82) is 0 Å². The van der Waals surface area contributed by atoms with Crippen LogP contribution in [0.5, 0.6) is 0 Å². The van der Waals surface area contributed by atoms with Gasteiger partial charge in [0, 0.05) is 6.42 Å². The molecule has 2 aliphatic heterocycles. The molecule has 6 heavy (non-hydrogen) atoms. The van der Waals surface area contributed by atoms with Crippen LogP contribution in [-0.4, -0.2) is 12.2 Å². The molecule has 0 N–H and O–H groups in total. The minimum Gasteiger partial charge on any atom is -0.374 e. The highest BCUT2D eigenvalue weighted by Gasteiger charge is 2.37. The van der Waals surface area contributed by atoms with Crippen molar-refractivity contribution in [3.63, 3.8) is 0 Å². The Bertz CT molecular complexity index is 50.8. The molecule has 3 rings (SSSR count).